The second-order valence-electron chi connectivity index (χ2n) is 5.77. The summed E-state index contributed by atoms with van der Waals surface area (Å²) in [6, 6.07) is 8.35. The Labute approximate surface area is 131 Å². The Morgan fingerprint density at radius 3 is 2.62 bits per heavy atom. The third-order valence-corrected chi connectivity index (χ3v) is 4.67. The van der Waals surface area contributed by atoms with Crippen LogP contribution in [0.25, 0.3) is 0 Å². The Balaban J connectivity index is 1.53. The fourth-order valence-corrected chi connectivity index (χ4v) is 3.26. The minimum atomic E-state index is 0.234. The van der Waals surface area contributed by atoms with Crippen molar-refractivity contribution in [1.82, 2.24) is 9.80 Å². The van der Waals surface area contributed by atoms with Gasteiger partial charge >= 0.3 is 0 Å². The van der Waals surface area contributed by atoms with E-state index in [2.05, 4.69) is 17.5 Å². The van der Waals surface area contributed by atoms with Crippen LogP contribution in [-0.2, 0) is 16.0 Å². The van der Waals surface area contributed by atoms with Gasteiger partial charge in [-0.1, -0.05) is 12.1 Å². The van der Waals surface area contributed by atoms with Crippen LogP contribution in [0, 0.1) is 0 Å². The van der Waals surface area contributed by atoms with E-state index in [-0.39, 0.29) is 5.91 Å². The lowest BCUT2D eigenvalue weighted by Crippen LogP contribution is -2.45. The van der Waals surface area contributed by atoms with Gasteiger partial charge in [0.15, 0.2) is 0 Å². The summed E-state index contributed by atoms with van der Waals surface area (Å²) in [6.07, 6.45) is 1.57. The number of carbonyl (C=O) groups excluding carboxylic acids is 1. The maximum Gasteiger partial charge on any atom is 0.227 e. The number of carbonyl (C=O) groups is 1. The molecule has 3 rings (SSSR count). The Morgan fingerprint density at radius 1 is 1.19 bits per heavy atom. The highest BCUT2D eigenvalue weighted by molar-refractivity contribution is 7.80. The molecule has 0 radical (unpaired) electrons. The van der Waals surface area contributed by atoms with Crippen LogP contribution in [0.15, 0.2) is 29.2 Å². The van der Waals surface area contributed by atoms with E-state index >= 15 is 0 Å². The van der Waals surface area contributed by atoms with Crippen LogP contribution in [0.3, 0.4) is 0 Å². The van der Waals surface area contributed by atoms with Crippen LogP contribution in [0.2, 0.25) is 0 Å². The second kappa shape index (κ2) is 6.81. The Morgan fingerprint density at radius 2 is 1.90 bits per heavy atom. The smallest absolute Gasteiger partial charge is 0.227 e. The van der Waals surface area contributed by atoms with Gasteiger partial charge in [-0.25, -0.2) is 0 Å². The summed E-state index contributed by atoms with van der Waals surface area (Å²) in [5.74, 6) is 0.234. The zero-order valence-corrected chi connectivity index (χ0v) is 13.1. The molecule has 2 aliphatic heterocycles. The van der Waals surface area contributed by atoms with E-state index < -0.39 is 0 Å². The minimum Gasteiger partial charge on any atom is -0.379 e. The minimum absolute atomic E-state index is 0.234. The standard InChI is InChI=1S/C16H22N2O2S/c19-16(11-13-1-3-15(21)4-2-13)18-6-5-14(12-18)17-7-9-20-10-8-17/h1-4,14,21H,5-12H2. The number of likely N-dealkylation sites (tertiary alicyclic amines) is 1. The molecule has 5 heteroatoms. The first-order chi connectivity index (χ1) is 10.2. The van der Waals surface area contributed by atoms with Gasteiger partial charge in [0.2, 0.25) is 5.91 Å². The highest BCUT2D eigenvalue weighted by Crippen LogP contribution is 2.18. The first-order valence-electron chi connectivity index (χ1n) is 7.60. The van der Waals surface area contributed by atoms with Gasteiger partial charge in [0.05, 0.1) is 19.6 Å². The Hall–Kier alpha value is -1.04. The van der Waals surface area contributed by atoms with E-state index in [9.17, 15) is 4.79 Å². The van der Waals surface area contributed by atoms with Crippen molar-refractivity contribution in [2.75, 3.05) is 39.4 Å². The zero-order chi connectivity index (χ0) is 14.7. The molecule has 21 heavy (non-hydrogen) atoms. The highest BCUT2D eigenvalue weighted by atomic mass is 32.1. The molecule has 2 fully saturated rings. The molecule has 114 valence electrons. The predicted molar refractivity (Wildman–Crippen MR) is 84.8 cm³/mol. The van der Waals surface area contributed by atoms with E-state index in [1.165, 1.54) is 0 Å². The molecule has 0 aromatic heterocycles. The predicted octanol–water partition coefficient (Wildman–Crippen LogP) is 1.45. The summed E-state index contributed by atoms with van der Waals surface area (Å²) >= 11 is 4.27. The molecule has 0 saturated carbocycles. The molecule has 0 spiro atoms. The molecule has 1 amide bonds. The van der Waals surface area contributed by atoms with E-state index in [1.54, 1.807) is 0 Å². The van der Waals surface area contributed by atoms with Crippen molar-refractivity contribution in [2.45, 2.75) is 23.8 Å². The van der Waals surface area contributed by atoms with Gasteiger partial charge in [0.25, 0.3) is 0 Å². The van der Waals surface area contributed by atoms with E-state index in [0.717, 1.165) is 56.3 Å². The third kappa shape index (κ3) is 3.78. The molecule has 1 aromatic rings. The van der Waals surface area contributed by atoms with Crippen molar-refractivity contribution in [3.05, 3.63) is 29.8 Å². The normalized spacial score (nSPS) is 23.5. The number of hydrogen-bond donors (Lipinski definition) is 1. The summed E-state index contributed by atoms with van der Waals surface area (Å²) in [4.78, 5) is 17.8. The zero-order valence-electron chi connectivity index (χ0n) is 12.2. The molecule has 0 N–H and O–H groups in total. The Bertz CT molecular complexity index is 486. The van der Waals surface area contributed by atoms with Crippen LogP contribution < -0.4 is 0 Å². The van der Waals surface area contributed by atoms with Gasteiger partial charge in [0, 0.05) is 37.1 Å². The monoisotopic (exact) mass is 306 g/mol. The molecule has 1 aromatic carbocycles. The maximum absolute atomic E-state index is 12.4. The quantitative estimate of drug-likeness (QED) is 0.858. The molecule has 4 nitrogen and oxygen atoms in total. The van der Waals surface area contributed by atoms with Crippen LogP contribution >= 0.6 is 12.6 Å². The number of ether oxygens (including phenoxy) is 1. The lowest BCUT2D eigenvalue weighted by atomic mass is 10.1. The fraction of sp³-hybridized carbons (Fsp3) is 0.562. The van der Waals surface area contributed by atoms with Crippen LogP contribution in [0.4, 0.5) is 0 Å². The number of nitrogens with zero attached hydrogens (tertiary/aromatic N) is 2. The van der Waals surface area contributed by atoms with Gasteiger partial charge in [0.1, 0.15) is 0 Å². The third-order valence-electron chi connectivity index (χ3n) is 4.37. The van der Waals surface area contributed by atoms with Crippen molar-refractivity contribution in [3.63, 3.8) is 0 Å². The average molecular weight is 306 g/mol. The largest absolute Gasteiger partial charge is 0.379 e. The Kier molecular flexibility index (Phi) is 4.83. The number of hydrogen-bond acceptors (Lipinski definition) is 4. The molecule has 2 aliphatic rings. The highest BCUT2D eigenvalue weighted by Gasteiger charge is 2.30. The first-order valence-corrected chi connectivity index (χ1v) is 8.04. The summed E-state index contributed by atoms with van der Waals surface area (Å²) in [5.41, 5.74) is 1.06. The number of amides is 1. The van der Waals surface area contributed by atoms with Crippen molar-refractivity contribution < 1.29 is 9.53 Å². The average Bonchev–Trinajstić information content (AvgIpc) is 3.00. The molecule has 0 bridgehead atoms. The van der Waals surface area contributed by atoms with E-state index in [1.807, 2.05) is 29.2 Å². The number of benzene rings is 1. The SMILES string of the molecule is O=C(Cc1ccc(S)cc1)N1CCC(N2CCOCC2)C1. The summed E-state index contributed by atoms with van der Waals surface area (Å²) in [6.45, 7) is 5.38. The first kappa shape index (κ1) is 14.9. The molecular formula is C16H22N2O2S. The summed E-state index contributed by atoms with van der Waals surface area (Å²) in [5, 5.41) is 0. The lowest BCUT2D eigenvalue weighted by molar-refractivity contribution is -0.129. The topological polar surface area (TPSA) is 32.8 Å². The molecular weight excluding hydrogens is 284 g/mol. The molecule has 2 heterocycles. The van der Waals surface area contributed by atoms with Gasteiger partial charge in [-0.2, -0.15) is 0 Å². The number of morpholine rings is 1. The molecule has 1 unspecified atom stereocenters. The van der Waals surface area contributed by atoms with Gasteiger partial charge in [-0.3, -0.25) is 9.69 Å². The van der Waals surface area contributed by atoms with Crippen molar-refractivity contribution in [3.8, 4) is 0 Å². The second-order valence-corrected chi connectivity index (χ2v) is 6.29. The molecule has 1 atom stereocenters. The van der Waals surface area contributed by atoms with Crippen molar-refractivity contribution in [2.24, 2.45) is 0 Å². The van der Waals surface area contributed by atoms with Gasteiger partial charge in [-0.05, 0) is 24.1 Å². The van der Waals surface area contributed by atoms with Crippen molar-refractivity contribution >= 4 is 18.5 Å². The molecule has 0 aliphatic carbocycles. The van der Waals surface area contributed by atoms with Gasteiger partial charge < -0.3 is 9.64 Å². The van der Waals surface area contributed by atoms with Crippen LogP contribution in [0.1, 0.15) is 12.0 Å². The van der Waals surface area contributed by atoms with Gasteiger partial charge in [-0.15, -0.1) is 12.6 Å². The number of thiol groups is 1. The fourth-order valence-electron chi connectivity index (χ4n) is 3.11. The van der Waals surface area contributed by atoms with Crippen molar-refractivity contribution in [1.29, 1.82) is 0 Å². The lowest BCUT2D eigenvalue weighted by Gasteiger charge is -2.32. The van der Waals surface area contributed by atoms with Crippen LogP contribution in [0.5, 0.6) is 0 Å². The number of rotatable bonds is 3. The summed E-state index contributed by atoms with van der Waals surface area (Å²) in [7, 11) is 0. The summed E-state index contributed by atoms with van der Waals surface area (Å²) < 4.78 is 5.39. The van der Waals surface area contributed by atoms with E-state index in [4.69, 9.17) is 4.74 Å². The molecule has 2 saturated heterocycles. The maximum atomic E-state index is 12.4. The van der Waals surface area contributed by atoms with Crippen LogP contribution in [-0.4, -0.2) is 61.1 Å². The van der Waals surface area contributed by atoms with E-state index in [0.29, 0.717) is 12.5 Å².